The minimum Gasteiger partial charge on any atom is -0.479 e. The molecular formula is C33H38N4O7S. The molecule has 0 spiro atoms. The predicted molar refractivity (Wildman–Crippen MR) is 172 cm³/mol. The van der Waals surface area contributed by atoms with Crippen molar-refractivity contribution in [2.45, 2.75) is 70.0 Å². The summed E-state index contributed by atoms with van der Waals surface area (Å²) in [6.07, 6.45) is 0.610. The van der Waals surface area contributed by atoms with E-state index in [2.05, 4.69) is 20.8 Å². The van der Waals surface area contributed by atoms with Crippen LogP contribution in [0, 0.1) is 6.57 Å². The first-order chi connectivity index (χ1) is 21.2. The maximum atomic E-state index is 12.7. The van der Waals surface area contributed by atoms with E-state index in [1.807, 2.05) is 12.1 Å². The van der Waals surface area contributed by atoms with E-state index in [1.54, 1.807) is 57.2 Å². The van der Waals surface area contributed by atoms with Crippen LogP contribution in [-0.2, 0) is 37.1 Å². The Kier molecular flexibility index (Phi) is 11.7. The lowest BCUT2D eigenvalue weighted by Gasteiger charge is -2.20. The molecule has 11 nitrogen and oxygen atoms in total. The highest BCUT2D eigenvalue weighted by Gasteiger charge is 2.21. The predicted octanol–water partition coefficient (Wildman–Crippen LogP) is 6.25. The molecule has 3 aromatic rings. The Labute approximate surface area is 263 Å². The molecule has 12 heteroatoms. The summed E-state index contributed by atoms with van der Waals surface area (Å²) in [6, 6.07) is 17.1. The summed E-state index contributed by atoms with van der Waals surface area (Å²) in [5.74, 6) is -1.43. The van der Waals surface area contributed by atoms with Crippen LogP contribution < -0.4 is 16.0 Å². The second-order valence-corrected chi connectivity index (χ2v) is 13.5. The molecule has 3 rings (SSSR count). The average Bonchev–Trinajstić information content (AvgIpc) is 2.98. The van der Waals surface area contributed by atoms with E-state index >= 15 is 0 Å². The Morgan fingerprint density at radius 3 is 2.20 bits per heavy atom. The van der Waals surface area contributed by atoms with Crippen molar-refractivity contribution < 1.29 is 32.6 Å². The lowest BCUT2D eigenvalue weighted by molar-refractivity contribution is -0.138. The number of carboxylic acids is 1. The molecule has 3 aromatic carbocycles. The van der Waals surface area contributed by atoms with Crippen LogP contribution in [0.5, 0.6) is 0 Å². The number of alkyl carbamates (subject to hydrolysis) is 1. The molecule has 0 heterocycles. The smallest absolute Gasteiger partial charge is 0.407 e. The van der Waals surface area contributed by atoms with E-state index in [1.165, 1.54) is 25.1 Å². The van der Waals surface area contributed by atoms with Crippen LogP contribution in [-0.4, -0.2) is 42.8 Å². The number of rotatable bonds is 13. The first-order valence-corrected chi connectivity index (χ1v) is 16.0. The topological polar surface area (TPSA) is 155 Å². The number of aliphatic carboxylic acids is 1. The number of aryl methyl sites for hydroxylation is 1. The molecule has 0 bridgehead atoms. The number of anilines is 2. The van der Waals surface area contributed by atoms with Crippen LogP contribution in [0.15, 0.2) is 71.6 Å². The summed E-state index contributed by atoms with van der Waals surface area (Å²) in [4.78, 5) is 40.2. The molecule has 0 aliphatic carbocycles. The zero-order valence-corrected chi connectivity index (χ0v) is 26.5. The lowest BCUT2D eigenvalue weighted by Crippen LogP contribution is -2.32. The maximum Gasteiger partial charge on any atom is 0.407 e. The van der Waals surface area contributed by atoms with Crippen molar-refractivity contribution in [1.82, 2.24) is 5.32 Å². The summed E-state index contributed by atoms with van der Waals surface area (Å²) in [5, 5.41) is 18.1. The minimum absolute atomic E-state index is 0.0702. The fraction of sp³-hybridized carbons (Fsp3) is 0.333. The number of carbonyl (C=O) groups is 3. The van der Waals surface area contributed by atoms with Crippen molar-refractivity contribution in [2.75, 3.05) is 16.4 Å². The molecule has 2 amide bonds. The molecule has 0 saturated heterocycles. The van der Waals surface area contributed by atoms with Gasteiger partial charge < -0.3 is 25.8 Å². The fourth-order valence-corrected chi connectivity index (χ4v) is 5.49. The van der Waals surface area contributed by atoms with Gasteiger partial charge in [0.05, 0.1) is 17.2 Å². The molecule has 0 radical (unpaired) electrons. The Hall–Kier alpha value is -4.89. The van der Waals surface area contributed by atoms with E-state index in [9.17, 15) is 27.9 Å². The van der Waals surface area contributed by atoms with Crippen molar-refractivity contribution >= 4 is 44.9 Å². The Morgan fingerprint density at radius 1 is 0.978 bits per heavy atom. The zero-order valence-electron chi connectivity index (χ0n) is 25.7. The Balaban J connectivity index is 1.59. The Bertz CT molecular complexity index is 1660. The third-order valence-corrected chi connectivity index (χ3v) is 8.45. The number of ether oxygens (including phenoxy) is 1. The molecule has 0 aromatic heterocycles. The molecule has 0 saturated carbocycles. The summed E-state index contributed by atoms with van der Waals surface area (Å²) in [5.41, 5.74) is 2.55. The summed E-state index contributed by atoms with van der Waals surface area (Å²) >= 11 is 0. The van der Waals surface area contributed by atoms with Gasteiger partial charge in [-0.25, -0.2) is 22.9 Å². The van der Waals surface area contributed by atoms with Gasteiger partial charge in [0.15, 0.2) is 21.6 Å². The normalized spacial score (nSPS) is 12.0. The number of benzene rings is 3. The van der Waals surface area contributed by atoms with Gasteiger partial charge in [0.25, 0.3) is 0 Å². The van der Waals surface area contributed by atoms with Crippen LogP contribution in [0.2, 0.25) is 0 Å². The molecule has 1 atom stereocenters. The number of sulfone groups is 1. The third-order valence-electron chi connectivity index (χ3n) is 6.62. The van der Waals surface area contributed by atoms with Gasteiger partial charge in [-0.15, -0.1) is 0 Å². The second kappa shape index (κ2) is 15.2. The first-order valence-electron chi connectivity index (χ1n) is 14.4. The van der Waals surface area contributed by atoms with Gasteiger partial charge in [-0.1, -0.05) is 43.3 Å². The van der Waals surface area contributed by atoms with Gasteiger partial charge >= 0.3 is 12.1 Å². The largest absolute Gasteiger partial charge is 0.479 e. The van der Waals surface area contributed by atoms with E-state index in [-0.39, 0.29) is 29.5 Å². The summed E-state index contributed by atoms with van der Waals surface area (Å²) in [7, 11) is -3.58. The van der Waals surface area contributed by atoms with Gasteiger partial charge in [-0.05, 0) is 80.6 Å². The molecule has 1 unspecified atom stereocenters. The highest BCUT2D eigenvalue weighted by molar-refractivity contribution is 7.91. The molecule has 0 fully saturated rings. The number of nitrogens with zero attached hydrogens (tertiary/aromatic N) is 1. The SMILES string of the molecule is [C-]#[N+]c1ccc(NC(C(=O)O)c2ccc(CCCC(=O)Nc3ccc(S(=O)(=O)CC)c(CNC(=O)OC(C)(C)C)c3)cc2)cc1. The van der Waals surface area contributed by atoms with Gasteiger partial charge in [-0.2, -0.15) is 0 Å². The molecule has 4 N–H and O–H groups in total. The van der Waals surface area contributed by atoms with E-state index in [0.29, 0.717) is 41.0 Å². The van der Waals surface area contributed by atoms with Crippen molar-refractivity contribution in [1.29, 1.82) is 0 Å². The van der Waals surface area contributed by atoms with Crippen LogP contribution in [0.25, 0.3) is 4.85 Å². The van der Waals surface area contributed by atoms with Crippen molar-refractivity contribution in [3.63, 3.8) is 0 Å². The van der Waals surface area contributed by atoms with E-state index < -0.39 is 33.5 Å². The van der Waals surface area contributed by atoms with E-state index in [0.717, 1.165) is 5.56 Å². The lowest BCUT2D eigenvalue weighted by atomic mass is 10.0. The molecule has 238 valence electrons. The van der Waals surface area contributed by atoms with Crippen LogP contribution in [0.3, 0.4) is 0 Å². The van der Waals surface area contributed by atoms with Crippen LogP contribution in [0.4, 0.5) is 21.9 Å². The summed E-state index contributed by atoms with van der Waals surface area (Å²) < 4.78 is 30.5. The Morgan fingerprint density at radius 2 is 1.62 bits per heavy atom. The number of carboxylic acid groups (broad SMARTS) is 1. The van der Waals surface area contributed by atoms with Gasteiger partial charge in [0, 0.05) is 24.3 Å². The van der Waals surface area contributed by atoms with Crippen molar-refractivity contribution in [2.24, 2.45) is 0 Å². The molecule has 0 aliphatic heterocycles. The van der Waals surface area contributed by atoms with Crippen molar-refractivity contribution in [3.8, 4) is 0 Å². The highest BCUT2D eigenvalue weighted by Crippen LogP contribution is 2.24. The molecular weight excluding hydrogens is 596 g/mol. The fourth-order valence-electron chi connectivity index (χ4n) is 4.38. The monoisotopic (exact) mass is 634 g/mol. The average molecular weight is 635 g/mol. The van der Waals surface area contributed by atoms with Gasteiger partial charge in [0.1, 0.15) is 5.60 Å². The maximum absolute atomic E-state index is 12.7. The third kappa shape index (κ3) is 10.7. The minimum atomic E-state index is -3.58. The standard InChI is InChI=1S/C33H38N4O7S/c1-6-45(42,43)28-19-18-27(20-24(28)21-35-32(41)44-33(2,3)4)36-29(38)9-7-8-22-10-12-23(13-11-22)30(31(39)40)37-26-16-14-25(34-5)15-17-26/h10-20,30,37H,6-9,21H2,1-4H3,(H,35,41)(H,36,38)(H,39,40). The number of hydrogen-bond donors (Lipinski definition) is 4. The number of carbonyl (C=O) groups excluding carboxylic acids is 2. The number of nitrogens with one attached hydrogen (secondary N) is 3. The quantitative estimate of drug-likeness (QED) is 0.161. The number of amides is 2. The summed E-state index contributed by atoms with van der Waals surface area (Å²) in [6.45, 7) is 13.6. The highest BCUT2D eigenvalue weighted by atomic mass is 32.2. The first kappa shape index (κ1) is 34.6. The van der Waals surface area contributed by atoms with Gasteiger partial charge in [0.2, 0.25) is 5.91 Å². The molecule has 0 aliphatic rings. The zero-order chi connectivity index (χ0) is 33.2. The van der Waals surface area contributed by atoms with Crippen molar-refractivity contribution in [3.05, 3.63) is 94.8 Å². The number of hydrogen-bond acceptors (Lipinski definition) is 7. The van der Waals surface area contributed by atoms with E-state index in [4.69, 9.17) is 11.3 Å². The second-order valence-electron chi connectivity index (χ2n) is 11.3. The van der Waals surface area contributed by atoms with Crippen LogP contribution >= 0.6 is 0 Å². The van der Waals surface area contributed by atoms with Crippen LogP contribution in [0.1, 0.15) is 63.3 Å². The van der Waals surface area contributed by atoms with Gasteiger partial charge in [-0.3, -0.25) is 4.79 Å². The molecule has 45 heavy (non-hydrogen) atoms.